The van der Waals surface area contributed by atoms with E-state index in [9.17, 15) is 0 Å². The van der Waals surface area contributed by atoms with Gasteiger partial charge in [0.1, 0.15) is 0 Å². The summed E-state index contributed by atoms with van der Waals surface area (Å²) in [5.74, 6) is 3.02. The molecule has 0 aliphatic carbocycles. The van der Waals surface area contributed by atoms with Crippen LogP contribution < -0.4 is 0 Å². The zero-order chi connectivity index (χ0) is 7.82. The first-order chi connectivity index (χ1) is 4.81. The molecule has 0 rings (SSSR count). The summed E-state index contributed by atoms with van der Waals surface area (Å²) >= 11 is 2.07. The summed E-state index contributed by atoms with van der Waals surface area (Å²) in [4.78, 5) is 2.25. The molecule has 0 atom stereocenters. The molecule has 0 bridgehead atoms. The molecule has 0 aromatic rings. The van der Waals surface area contributed by atoms with Gasteiger partial charge >= 0.3 is 0 Å². The molecule has 0 saturated heterocycles. The van der Waals surface area contributed by atoms with E-state index in [1.165, 1.54) is 19.4 Å². The van der Waals surface area contributed by atoms with E-state index in [0.29, 0.717) is 0 Å². The van der Waals surface area contributed by atoms with Crippen molar-refractivity contribution >= 4 is 22.6 Å². The third-order valence-corrected chi connectivity index (χ3v) is 1.69. The highest BCUT2D eigenvalue weighted by Gasteiger charge is 1.91. The second kappa shape index (κ2) is 7.36. The SMILES string of the molecule is CCCCN(C)CC#CI. The fraction of sp³-hybridized carbons (Fsp3) is 0.750. The summed E-state index contributed by atoms with van der Waals surface area (Å²) in [7, 11) is 2.11. The Morgan fingerprint density at radius 3 is 2.70 bits per heavy atom. The highest BCUT2D eigenvalue weighted by Crippen LogP contribution is 1.89. The molecule has 2 heteroatoms. The third-order valence-electron chi connectivity index (χ3n) is 1.31. The van der Waals surface area contributed by atoms with E-state index in [0.717, 1.165) is 6.54 Å². The summed E-state index contributed by atoms with van der Waals surface area (Å²) in [6.45, 7) is 4.28. The van der Waals surface area contributed by atoms with Crippen LogP contribution in [0.3, 0.4) is 0 Å². The Hall–Kier alpha value is 0.250. The number of halogens is 1. The van der Waals surface area contributed by atoms with Crippen molar-refractivity contribution in [1.29, 1.82) is 0 Å². The lowest BCUT2D eigenvalue weighted by Gasteiger charge is -2.10. The van der Waals surface area contributed by atoms with Crippen LogP contribution >= 0.6 is 22.6 Å². The maximum Gasteiger partial charge on any atom is 0.0607 e. The van der Waals surface area contributed by atoms with Crippen LogP contribution in [-0.4, -0.2) is 25.0 Å². The van der Waals surface area contributed by atoms with E-state index < -0.39 is 0 Å². The smallest absolute Gasteiger partial charge is 0.0607 e. The largest absolute Gasteiger partial charge is 0.295 e. The lowest BCUT2D eigenvalue weighted by atomic mass is 10.3. The molecule has 0 heterocycles. The Morgan fingerprint density at radius 1 is 1.50 bits per heavy atom. The van der Waals surface area contributed by atoms with Gasteiger partial charge in [0.25, 0.3) is 0 Å². The Morgan fingerprint density at radius 2 is 2.20 bits per heavy atom. The summed E-state index contributed by atoms with van der Waals surface area (Å²) in [6.07, 6.45) is 2.54. The number of hydrogen-bond donors (Lipinski definition) is 0. The van der Waals surface area contributed by atoms with Crippen molar-refractivity contribution in [2.75, 3.05) is 20.1 Å². The van der Waals surface area contributed by atoms with E-state index in [2.05, 4.69) is 51.3 Å². The highest BCUT2D eigenvalue weighted by atomic mass is 127. The van der Waals surface area contributed by atoms with Gasteiger partial charge in [-0.1, -0.05) is 19.3 Å². The van der Waals surface area contributed by atoms with E-state index in [1.54, 1.807) is 0 Å². The van der Waals surface area contributed by atoms with Crippen LogP contribution in [0, 0.1) is 9.85 Å². The molecule has 1 nitrogen and oxygen atoms in total. The Bertz CT molecular complexity index is 123. The first kappa shape index (κ1) is 10.2. The first-order valence-corrected chi connectivity index (χ1v) is 4.66. The minimum atomic E-state index is 0.906. The van der Waals surface area contributed by atoms with E-state index >= 15 is 0 Å². The van der Waals surface area contributed by atoms with E-state index in [1.807, 2.05) is 0 Å². The zero-order valence-electron chi connectivity index (χ0n) is 6.65. The zero-order valence-corrected chi connectivity index (χ0v) is 8.81. The number of rotatable bonds is 4. The lowest BCUT2D eigenvalue weighted by Crippen LogP contribution is -2.19. The van der Waals surface area contributed by atoms with Gasteiger partial charge in [-0.25, -0.2) is 0 Å². The average molecular weight is 251 g/mol. The molecule has 0 radical (unpaired) electrons. The second-order valence-corrected chi connectivity index (χ2v) is 2.90. The Labute approximate surface area is 77.3 Å². The number of hydrogen-bond acceptors (Lipinski definition) is 1. The van der Waals surface area contributed by atoms with Crippen molar-refractivity contribution in [3.05, 3.63) is 0 Å². The number of unbranched alkanes of at least 4 members (excludes halogenated alkanes) is 1. The van der Waals surface area contributed by atoms with Crippen LogP contribution in [0.5, 0.6) is 0 Å². The molecular formula is C8H14IN. The Kier molecular flexibility index (Phi) is 7.54. The fourth-order valence-corrected chi connectivity index (χ4v) is 0.842. The van der Waals surface area contributed by atoms with Gasteiger partial charge in [0, 0.05) is 22.6 Å². The summed E-state index contributed by atoms with van der Waals surface area (Å²) in [5.41, 5.74) is 0. The monoisotopic (exact) mass is 251 g/mol. The molecule has 0 unspecified atom stereocenters. The minimum Gasteiger partial charge on any atom is -0.295 e. The van der Waals surface area contributed by atoms with Crippen LogP contribution in [0.25, 0.3) is 0 Å². The first-order valence-electron chi connectivity index (χ1n) is 3.58. The molecule has 58 valence electrons. The van der Waals surface area contributed by atoms with Gasteiger partial charge in [0.05, 0.1) is 6.54 Å². The van der Waals surface area contributed by atoms with Crippen LogP contribution in [-0.2, 0) is 0 Å². The van der Waals surface area contributed by atoms with Crippen molar-refractivity contribution in [3.8, 4) is 9.85 Å². The van der Waals surface area contributed by atoms with E-state index in [4.69, 9.17) is 0 Å². The molecule has 0 N–H and O–H groups in total. The van der Waals surface area contributed by atoms with Crippen LogP contribution in [0.1, 0.15) is 19.8 Å². The van der Waals surface area contributed by atoms with Crippen LogP contribution in [0.2, 0.25) is 0 Å². The van der Waals surface area contributed by atoms with Crippen molar-refractivity contribution in [1.82, 2.24) is 4.90 Å². The average Bonchev–Trinajstić information content (AvgIpc) is 1.97. The second-order valence-electron chi connectivity index (χ2n) is 2.36. The van der Waals surface area contributed by atoms with Crippen molar-refractivity contribution in [3.63, 3.8) is 0 Å². The van der Waals surface area contributed by atoms with Gasteiger partial charge in [-0.2, -0.15) is 0 Å². The number of nitrogens with zero attached hydrogens (tertiary/aromatic N) is 1. The van der Waals surface area contributed by atoms with Gasteiger partial charge in [-0.3, -0.25) is 4.90 Å². The third kappa shape index (κ3) is 6.37. The Balaban J connectivity index is 3.21. The fourth-order valence-electron chi connectivity index (χ4n) is 0.672. The topological polar surface area (TPSA) is 3.24 Å². The summed E-state index contributed by atoms with van der Waals surface area (Å²) < 4.78 is 2.85. The standard InChI is InChI=1S/C8H14IN/c1-3-4-7-10(2)8-5-6-9/h3-4,7-8H2,1-2H3. The maximum absolute atomic E-state index is 3.02. The van der Waals surface area contributed by atoms with E-state index in [-0.39, 0.29) is 0 Å². The molecular weight excluding hydrogens is 237 g/mol. The summed E-state index contributed by atoms with van der Waals surface area (Å²) in [5, 5.41) is 0. The van der Waals surface area contributed by atoms with Gasteiger partial charge in [-0.05, 0) is 23.9 Å². The maximum atomic E-state index is 3.02. The van der Waals surface area contributed by atoms with Crippen molar-refractivity contribution in [2.24, 2.45) is 0 Å². The molecule has 0 aromatic carbocycles. The molecule has 0 spiro atoms. The lowest BCUT2D eigenvalue weighted by molar-refractivity contribution is 0.367. The highest BCUT2D eigenvalue weighted by molar-refractivity contribution is 14.1. The van der Waals surface area contributed by atoms with Crippen molar-refractivity contribution < 1.29 is 0 Å². The van der Waals surface area contributed by atoms with Crippen LogP contribution in [0.4, 0.5) is 0 Å². The van der Waals surface area contributed by atoms with Crippen molar-refractivity contribution in [2.45, 2.75) is 19.8 Å². The van der Waals surface area contributed by atoms with Gasteiger partial charge < -0.3 is 0 Å². The van der Waals surface area contributed by atoms with Gasteiger partial charge in [0.2, 0.25) is 0 Å². The molecule has 0 aliphatic rings. The summed E-state index contributed by atoms with van der Waals surface area (Å²) in [6, 6.07) is 0. The molecule has 0 amide bonds. The van der Waals surface area contributed by atoms with Crippen LogP contribution in [0.15, 0.2) is 0 Å². The van der Waals surface area contributed by atoms with Gasteiger partial charge in [-0.15, -0.1) is 0 Å². The minimum absolute atomic E-state index is 0.906. The molecule has 10 heavy (non-hydrogen) atoms. The molecule has 0 saturated carbocycles. The molecule has 0 aliphatic heterocycles. The molecule has 0 fully saturated rings. The predicted molar refractivity (Wildman–Crippen MR) is 54.2 cm³/mol. The predicted octanol–water partition coefficient (Wildman–Crippen LogP) is 2.11. The molecule has 0 aromatic heterocycles. The van der Waals surface area contributed by atoms with Gasteiger partial charge in [0.15, 0.2) is 0 Å². The normalized spacial score (nSPS) is 9.20. The quantitative estimate of drug-likeness (QED) is 0.546.